The maximum absolute atomic E-state index is 13.2. The molecule has 1 amide bonds. The van der Waals surface area contributed by atoms with Crippen molar-refractivity contribution in [1.29, 1.82) is 0 Å². The van der Waals surface area contributed by atoms with Crippen molar-refractivity contribution >= 4 is 33.3 Å². The van der Waals surface area contributed by atoms with Crippen LogP contribution in [0.25, 0.3) is 0 Å². The summed E-state index contributed by atoms with van der Waals surface area (Å²) in [5.41, 5.74) is 0.804. The highest BCUT2D eigenvalue weighted by Gasteiger charge is 2.30. The molecule has 33 heavy (non-hydrogen) atoms. The first-order valence-electron chi connectivity index (χ1n) is 11.4. The molecule has 1 N–H and O–H groups in total. The van der Waals surface area contributed by atoms with E-state index in [9.17, 15) is 13.2 Å². The van der Waals surface area contributed by atoms with E-state index in [0.717, 1.165) is 24.8 Å². The molecular formula is C23H30ClN5O3S. The Morgan fingerprint density at radius 1 is 1.06 bits per heavy atom. The molecule has 1 aliphatic carbocycles. The number of benzene rings is 1. The van der Waals surface area contributed by atoms with Gasteiger partial charge in [-0.1, -0.05) is 49.4 Å². The molecule has 1 saturated carbocycles. The molecule has 4 rings (SSSR count). The molecule has 1 aliphatic heterocycles. The number of nitrogens with zero attached hydrogens (tertiary/aromatic N) is 4. The average Bonchev–Trinajstić information content (AvgIpc) is 3.33. The van der Waals surface area contributed by atoms with E-state index in [1.807, 2.05) is 7.05 Å². The molecular weight excluding hydrogens is 462 g/mol. The number of rotatable bonds is 7. The van der Waals surface area contributed by atoms with Gasteiger partial charge >= 0.3 is 0 Å². The number of halogens is 1. The molecule has 2 aliphatic rings. The SMILES string of the molecule is CN1CCN(S(=O)(=O)c2ccc([C@@H](CC3CCCC3)C(=O)Nc3ccc(Cl)nn3)cc2)CC1. The van der Waals surface area contributed by atoms with Crippen molar-refractivity contribution in [3.63, 3.8) is 0 Å². The molecule has 2 fully saturated rings. The summed E-state index contributed by atoms with van der Waals surface area (Å²) in [6, 6.07) is 9.99. The van der Waals surface area contributed by atoms with Crippen molar-refractivity contribution in [3.05, 3.63) is 47.1 Å². The van der Waals surface area contributed by atoms with Gasteiger partial charge in [-0.2, -0.15) is 4.31 Å². The predicted octanol–water partition coefficient (Wildman–Crippen LogP) is 3.37. The minimum Gasteiger partial charge on any atom is -0.309 e. The third kappa shape index (κ3) is 5.90. The minimum atomic E-state index is -3.55. The van der Waals surface area contributed by atoms with Crippen molar-refractivity contribution in [1.82, 2.24) is 19.4 Å². The normalized spacial score (nSPS) is 19.5. The molecule has 10 heteroatoms. The van der Waals surface area contributed by atoms with Gasteiger partial charge in [0, 0.05) is 26.2 Å². The summed E-state index contributed by atoms with van der Waals surface area (Å²) in [7, 11) is -1.56. The molecule has 1 atom stereocenters. The number of amides is 1. The van der Waals surface area contributed by atoms with Crippen LogP contribution in [-0.4, -0.2) is 67.0 Å². The molecule has 2 aromatic rings. The van der Waals surface area contributed by atoms with Crippen molar-refractivity contribution in [3.8, 4) is 0 Å². The molecule has 0 radical (unpaired) electrons. The summed E-state index contributed by atoms with van der Waals surface area (Å²) in [6.45, 7) is 2.40. The Kier molecular flexibility index (Phi) is 7.63. The third-order valence-corrected chi connectivity index (χ3v) is 8.74. The number of carbonyl (C=O) groups excluding carboxylic acids is 1. The molecule has 1 saturated heterocycles. The maximum atomic E-state index is 13.2. The number of aromatic nitrogens is 2. The minimum absolute atomic E-state index is 0.173. The summed E-state index contributed by atoms with van der Waals surface area (Å²) in [6.07, 6.45) is 5.31. The van der Waals surface area contributed by atoms with Gasteiger partial charge in [-0.05, 0) is 49.2 Å². The summed E-state index contributed by atoms with van der Waals surface area (Å²) < 4.78 is 27.6. The monoisotopic (exact) mass is 491 g/mol. The van der Waals surface area contributed by atoms with Gasteiger partial charge in [0.15, 0.2) is 11.0 Å². The second-order valence-electron chi connectivity index (χ2n) is 8.95. The molecule has 178 valence electrons. The number of nitrogens with one attached hydrogen (secondary N) is 1. The third-order valence-electron chi connectivity index (χ3n) is 6.63. The number of sulfonamides is 1. The van der Waals surface area contributed by atoms with Crippen LogP contribution in [0, 0.1) is 5.92 Å². The molecule has 1 aromatic carbocycles. The predicted molar refractivity (Wildman–Crippen MR) is 128 cm³/mol. The van der Waals surface area contributed by atoms with E-state index in [4.69, 9.17) is 11.6 Å². The summed E-state index contributed by atoms with van der Waals surface area (Å²) in [5, 5.41) is 10.8. The van der Waals surface area contributed by atoms with Crippen molar-refractivity contribution in [2.45, 2.75) is 42.9 Å². The highest BCUT2D eigenvalue weighted by Crippen LogP contribution is 2.35. The van der Waals surface area contributed by atoms with Gasteiger partial charge < -0.3 is 10.2 Å². The Hall–Kier alpha value is -2.07. The van der Waals surface area contributed by atoms with Gasteiger partial charge in [-0.25, -0.2) is 8.42 Å². The molecule has 0 bridgehead atoms. The molecule has 0 unspecified atom stereocenters. The largest absolute Gasteiger partial charge is 0.309 e. The quantitative estimate of drug-likeness (QED) is 0.638. The van der Waals surface area contributed by atoms with Crippen LogP contribution >= 0.6 is 11.6 Å². The van der Waals surface area contributed by atoms with Crippen LogP contribution in [0.3, 0.4) is 0 Å². The zero-order valence-corrected chi connectivity index (χ0v) is 20.4. The van der Waals surface area contributed by atoms with E-state index in [-0.39, 0.29) is 16.0 Å². The first-order chi connectivity index (χ1) is 15.8. The summed E-state index contributed by atoms with van der Waals surface area (Å²) >= 11 is 5.79. The molecule has 2 heterocycles. The fourth-order valence-corrected chi connectivity index (χ4v) is 6.14. The van der Waals surface area contributed by atoms with Crippen LogP contribution in [0.15, 0.2) is 41.3 Å². The average molecular weight is 492 g/mol. The lowest BCUT2D eigenvalue weighted by Gasteiger charge is -2.31. The Balaban J connectivity index is 1.53. The van der Waals surface area contributed by atoms with Crippen LogP contribution in [0.1, 0.15) is 43.6 Å². The van der Waals surface area contributed by atoms with Crippen molar-refractivity contribution in [2.24, 2.45) is 5.92 Å². The smallest absolute Gasteiger partial charge is 0.243 e. The fourth-order valence-electron chi connectivity index (χ4n) is 4.62. The first kappa shape index (κ1) is 24.1. The summed E-state index contributed by atoms with van der Waals surface area (Å²) in [4.78, 5) is 15.6. The second kappa shape index (κ2) is 10.5. The molecule has 0 spiro atoms. The molecule has 1 aromatic heterocycles. The number of likely N-dealkylation sites (N-methyl/N-ethyl adjacent to an activating group) is 1. The zero-order chi connectivity index (χ0) is 23.4. The van der Waals surface area contributed by atoms with Crippen LogP contribution < -0.4 is 5.32 Å². The highest BCUT2D eigenvalue weighted by atomic mass is 35.5. The Bertz CT molecular complexity index is 1050. The number of carbonyl (C=O) groups is 1. The van der Waals surface area contributed by atoms with Crippen molar-refractivity contribution < 1.29 is 13.2 Å². The van der Waals surface area contributed by atoms with E-state index in [2.05, 4.69) is 20.4 Å². The topological polar surface area (TPSA) is 95.5 Å². The van der Waals surface area contributed by atoms with Gasteiger partial charge in [0.05, 0.1) is 10.8 Å². The lowest BCUT2D eigenvalue weighted by molar-refractivity contribution is -0.118. The van der Waals surface area contributed by atoms with E-state index in [0.29, 0.717) is 37.9 Å². The van der Waals surface area contributed by atoms with Gasteiger partial charge in [0.25, 0.3) is 0 Å². The second-order valence-corrected chi connectivity index (χ2v) is 11.3. The van der Waals surface area contributed by atoms with Crippen LogP contribution in [0.5, 0.6) is 0 Å². The highest BCUT2D eigenvalue weighted by molar-refractivity contribution is 7.89. The van der Waals surface area contributed by atoms with Crippen LogP contribution in [0.4, 0.5) is 5.82 Å². The Morgan fingerprint density at radius 3 is 2.33 bits per heavy atom. The number of hydrogen-bond acceptors (Lipinski definition) is 6. The van der Waals surface area contributed by atoms with Gasteiger partial charge in [0.2, 0.25) is 15.9 Å². The Morgan fingerprint density at radius 2 is 1.73 bits per heavy atom. The van der Waals surface area contributed by atoms with Crippen LogP contribution in [0.2, 0.25) is 5.15 Å². The Labute approximate surface area is 200 Å². The first-order valence-corrected chi connectivity index (χ1v) is 13.2. The lowest BCUT2D eigenvalue weighted by atomic mass is 9.87. The van der Waals surface area contributed by atoms with Gasteiger partial charge in [-0.3, -0.25) is 4.79 Å². The van der Waals surface area contributed by atoms with E-state index >= 15 is 0 Å². The van der Waals surface area contributed by atoms with Gasteiger partial charge in [-0.15, -0.1) is 10.2 Å². The maximum Gasteiger partial charge on any atom is 0.243 e. The van der Waals surface area contributed by atoms with E-state index < -0.39 is 15.9 Å². The number of piperazine rings is 1. The lowest BCUT2D eigenvalue weighted by Crippen LogP contribution is -2.47. The standard InChI is InChI=1S/C23H30ClN5O3S/c1-28-12-14-29(15-13-28)33(31,32)19-8-6-18(7-9-19)20(16-17-4-2-3-5-17)23(30)25-22-11-10-21(24)26-27-22/h6-11,17,20H,2-5,12-16H2,1H3,(H,25,27,30)/t20-/m1/s1. The van der Waals surface area contributed by atoms with Crippen molar-refractivity contribution in [2.75, 3.05) is 38.5 Å². The number of anilines is 1. The molecule has 8 nitrogen and oxygen atoms in total. The van der Waals surface area contributed by atoms with E-state index in [1.54, 1.807) is 36.4 Å². The van der Waals surface area contributed by atoms with Crippen LogP contribution in [-0.2, 0) is 14.8 Å². The number of hydrogen-bond donors (Lipinski definition) is 1. The zero-order valence-electron chi connectivity index (χ0n) is 18.8. The van der Waals surface area contributed by atoms with Gasteiger partial charge in [0.1, 0.15) is 0 Å². The summed E-state index contributed by atoms with van der Waals surface area (Å²) in [5.74, 6) is 0.250. The van der Waals surface area contributed by atoms with E-state index in [1.165, 1.54) is 17.1 Å². The fraction of sp³-hybridized carbons (Fsp3) is 0.522.